The molecule has 0 aromatic heterocycles. The number of aliphatic imine (C=N–C) groups is 1. The zero-order valence-corrected chi connectivity index (χ0v) is 13.4. The quantitative estimate of drug-likeness (QED) is 0.621. The van der Waals surface area contributed by atoms with Crippen LogP contribution in [0.5, 0.6) is 0 Å². The summed E-state index contributed by atoms with van der Waals surface area (Å²) in [6.45, 7) is 3.80. The number of amides is 1. The lowest BCUT2D eigenvalue weighted by Crippen LogP contribution is -2.39. The van der Waals surface area contributed by atoms with Crippen LogP contribution in [0.25, 0.3) is 0 Å². The second kappa shape index (κ2) is 9.00. The summed E-state index contributed by atoms with van der Waals surface area (Å²) in [5, 5.41) is 5.96. The number of rotatable bonds is 6. The van der Waals surface area contributed by atoms with Crippen LogP contribution in [0.15, 0.2) is 29.3 Å². The van der Waals surface area contributed by atoms with E-state index in [0.717, 1.165) is 30.9 Å². The minimum atomic E-state index is -0.0682. The van der Waals surface area contributed by atoms with Crippen LogP contribution in [0.2, 0.25) is 0 Å². The molecule has 0 radical (unpaired) electrons. The molecule has 1 aromatic rings. The molecule has 0 aliphatic carbocycles. The molecule has 0 saturated heterocycles. The number of benzene rings is 1. The molecule has 21 heavy (non-hydrogen) atoms. The van der Waals surface area contributed by atoms with Crippen molar-refractivity contribution in [1.82, 2.24) is 15.5 Å². The molecule has 5 heteroatoms. The van der Waals surface area contributed by atoms with Crippen LogP contribution < -0.4 is 10.6 Å². The Bertz CT molecular complexity index is 485. The van der Waals surface area contributed by atoms with Gasteiger partial charge in [-0.1, -0.05) is 25.5 Å². The van der Waals surface area contributed by atoms with Gasteiger partial charge in [-0.25, -0.2) is 0 Å². The van der Waals surface area contributed by atoms with Crippen LogP contribution in [0, 0.1) is 0 Å². The first-order chi connectivity index (χ1) is 10.1. The van der Waals surface area contributed by atoms with E-state index >= 15 is 0 Å². The molecule has 0 heterocycles. The normalized spacial score (nSPS) is 11.1. The fourth-order valence-electron chi connectivity index (χ4n) is 2.03. The van der Waals surface area contributed by atoms with E-state index in [1.165, 1.54) is 0 Å². The molecule has 0 bridgehead atoms. The fraction of sp³-hybridized carbons (Fsp3) is 0.500. The van der Waals surface area contributed by atoms with E-state index in [0.29, 0.717) is 12.1 Å². The van der Waals surface area contributed by atoms with Crippen LogP contribution in [-0.2, 0) is 6.54 Å². The van der Waals surface area contributed by atoms with Crippen molar-refractivity contribution in [2.75, 3.05) is 27.7 Å². The summed E-state index contributed by atoms with van der Waals surface area (Å²) in [6.07, 6.45) is 2.30. The fourth-order valence-corrected chi connectivity index (χ4v) is 2.03. The van der Waals surface area contributed by atoms with Gasteiger partial charge in [-0.2, -0.15) is 0 Å². The van der Waals surface area contributed by atoms with Gasteiger partial charge in [0, 0.05) is 39.8 Å². The van der Waals surface area contributed by atoms with Gasteiger partial charge in [-0.15, -0.1) is 0 Å². The summed E-state index contributed by atoms with van der Waals surface area (Å²) in [5.74, 6) is 0.801. The van der Waals surface area contributed by atoms with Crippen molar-refractivity contribution in [3.8, 4) is 0 Å². The Labute approximate surface area is 127 Å². The smallest absolute Gasteiger partial charge is 0.251 e. The summed E-state index contributed by atoms with van der Waals surface area (Å²) < 4.78 is 0. The standard InChI is InChI=1S/C16H26N4O/c1-5-6-10-20(4)16(18-3)19-12-13-8-7-9-14(11-13)15(21)17-2/h7-9,11H,5-6,10,12H2,1-4H3,(H,17,21)(H,18,19). The first-order valence-electron chi connectivity index (χ1n) is 7.35. The largest absolute Gasteiger partial charge is 0.355 e. The maximum atomic E-state index is 11.6. The predicted octanol–water partition coefficient (Wildman–Crippen LogP) is 1.85. The van der Waals surface area contributed by atoms with Gasteiger partial charge in [0.05, 0.1) is 0 Å². The monoisotopic (exact) mass is 290 g/mol. The first-order valence-corrected chi connectivity index (χ1v) is 7.35. The van der Waals surface area contributed by atoms with Crippen LogP contribution in [-0.4, -0.2) is 44.5 Å². The molecule has 116 valence electrons. The number of nitrogens with one attached hydrogen (secondary N) is 2. The number of carbonyl (C=O) groups excluding carboxylic acids is 1. The third kappa shape index (κ3) is 5.45. The molecule has 0 atom stereocenters. The number of hydrogen-bond donors (Lipinski definition) is 2. The molecule has 0 unspecified atom stereocenters. The van der Waals surface area contributed by atoms with Crippen molar-refractivity contribution in [3.05, 3.63) is 35.4 Å². The average molecular weight is 290 g/mol. The third-order valence-electron chi connectivity index (χ3n) is 3.29. The average Bonchev–Trinajstić information content (AvgIpc) is 2.52. The van der Waals surface area contributed by atoms with E-state index in [-0.39, 0.29) is 5.91 Å². The second-order valence-electron chi connectivity index (χ2n) is 4.96. The topological polar surface area (TPSA) is 56.7 Å². The van der Waals surface area contributed by atoms with Gasteiger partial charge in [0.15, 0.2) is 5.96 Å². The maximum Gasteiger partial charge on any atom is 0.251 e. The van der Waals surface area contributed by atoms with Crippen molar-refractivity contribution in [3.63, 3.8) is 0 Å². The van der Waals surface area contributed by atoms with Gasteiger partial charge < -0.3 is 15.5 Å². The van der Waals surface area contributed by atoms with Crippen molar-refractivity contribution in [2.45, 2.75) is 26.3 Å². The van der Waals surface area contributed by atoms with Crippen molar-refractivity contribution >= 4 is 11.9 Å². The summed E-state index contributed by atoms with van der Waals surface area (Å²) in [6, 6.07) is 7.60. The Morgan fingerprint density at radius 3 is 2.76 bits per heavy atom. The van der Waals surface area contributed by atoms with Gasteiger partial charge in [0.2, 0.25) is 0 Å². The highest BCUT2D eigenvalue weighted by Gasteiger charge is 2.06. The van der Waals surface area contributed by atoms with E-state index < -0.39 is 0 Å². The molecule has 0 saturated carbocycles. The van der Waals surface area contributed by atoms with Crippen LogP contribution in [0.1, 0.15) is 35.7 Å². The minimum absolute atomic E-state index is 0.0682. The third-order valence-corrected chi connectivity index (χ3v) is 3.29. The SMILES string of the molecule is CCCCN(C)C(=NC)NCc1cccc(C(=O)NC)c1. The summed E-state index contributed by atoms with van der Waals surface area (Å²) in [7, 11) is 5.45. The lowest BCUT2D eigenvalue weighted by Gasteiger charge is -2.22. The van der Waals surface area contributed by atoms with Crippen LogP contribution >= 0.6 is 0 Å². The molecule has 0 aliphatic rings. The Morgan fingerprint density at radius 2 is 2.14 bits per heavy atom. The predicted molar refractivity (Wildman–Crippen MR) is 87.6 cm³/mol. The van der Waals surface area contributed by atoms with Crippen molar-refractivity contribution in [1.29, 1.82) is 0 Å². The highest BCUT2D eigenvalue weighted by molar-refractivity contribution is 5.94. The van der Waals surface area contributed by atoms with E-state index in [4.69, 9.17) is 0 Å². The van der Waals surface area contributed by atoms with Gasteiger partial charge in [0.1, 0.15) is 0 Å². The van der Waals surface area contributed by atoms with Gasteiger partial charge in [-0.3, -0.25) is 9.79 Å². The van der Waals surface area contributed by atoms with Gasteiger partial charge >= 0.3 is 0 Å². The summed E-state index contributed by atoms with van der Waals surface area (Å²) in [4.78, 5) is 18.0. The maximum absolute atomic E-state index is 11.6. The number of guanidine groups is 1. The molecule has 2 N–H and O–H groups in total. The summed E-state index contributed by atoms with van der Waals surface area (Å²) >= 11 is 0. The Morgan fingerprint density at radius 1 is 1.38 bits per heavy atom. The van der Waals surface area contributed by atoms with E-state index in [1.54, 1.807) is 14.1 Å². The minimum Gasteiger partial charge on any atom is -0.355 e. The molecule has 1 rings (SSSR count). The number of hydrogen-bond acceptors (Lipinski definition) is 2. The molecule has 0 aliphatic heterocycles. The zero-order chi connectivity index (χ0) is 15.7. The highest BCUT2D eigenvalue weighted by Crippen LogP contribution is 2.05. The Hall–Kier alpha value is -2.04. The second-order valence-corrected chi connectivity index (χ2v) is 4.96. The molecule has 5 nitrogen and oxygen atoms in total. The molecule has 1 aromatic carbocycles. The Balaban J connectivity index is 2.63. The van der Waals surface area contributed by atoms with Crippen LogP contribution in [0.4, 0.5) is 0 Å². The van der Waals surface area contributed by atoms with Gasteiger partial charge in [0.25, 0.3) is 5.91 Å². The molecular formula is C16H26N4O. The van der Waals surface area contributed by atoms with E-state index in [2.05, 4.69) is 27.4 Å². The van der Waals surface area contributed by atoms with Crippen molar-refractivity contribution < 1.29 is 4.79 Å². The summed E-state index contributed by atoms with van der Waals surface area (Å²) in [5.41, 5.74) is 1.73. The Kier molecular flexibility index (Phi) is 7.29. The number of carbonyl (C=O) groups is 1. The number of nitrogens with zero attached hydrogens (tertiary/aromatic N) is 2. The van der Waals surface area contributed by atoms with E-state index in [1.807, 2.05) is 31.3 Å². The molecule has 0 spiro atoms. The van der Waals surface area contributed by atoms with Crippen molar-refractivity contribution in [2.24, 2.45) is 4.99 Å². The molecular weight excluding hydrogens is 264 g/mol. The van der Waals surface area contributed by atoms with Gasteiger partial charge in [-0.05, 0) is 24.1 Å². The zero-order valence-electron chi connectivity index (χ0n) is 13.4. The number of unbranched alkanes of at least 4 members (excludes halogenated alkanes) is 1. The molecule has 0 fully saturated rings. The van der Waals surface area contributed by atoms with Crippen LogP contribution in [0.3, 0.4) is 0 Å². The van der Waals surface area contributed by atoms with E-state index in [9.17, 15) is 4.79 Å². The lowest BCUT2D eigenvalue weighted by atomic mass is 10.1. The first kappa shape index (κ1) is 17.0. The highest BCUT2D eigenvalue weighted by atomic mass is 16.1. The lowest BCUT2D eigenvalue weighted by molar-refractivity contribution is 0.0963. The molecule has 1 amide bonds.